The number of ether oxygens (including phenoxy) is 1. The minimum atomic E-state index is -0.353. The van der Waals surface area contributed by atoms with Gasteiger partial charge in [0, 0.05) is 24.9 Å². The monoisotopic (exact) mass is 255 g/mol. The van der Waals surface area contributed by atoms with Crippen LogP contribution in [0.1, 0.15) is 13.8 Å². The van der Waals surface area contributed by atoms with E-state index in [1.54, 1.807) is 11.8 Å². The second kappa shape index (κ2) is 6.83. The molecular weight excluding hydrogens is 238 g/mol. The van der Waals surface area contributed by atoms with E-state index in [9.17, 15) is 9.59 Å². The fraction of sp³-hybridized carbons (Fsp3) is 0.800. The average molecular weight is 255 g/mol. The number of hydrogen-bond donors (Lipinski definition) is 1. The van der Waals surface area contributed by atoms with Gasteiger partial charge in [0.05, 0.1) is 25.2 Å². The van der Waals surface area contributed by atoms with E-state index in [4.69, 9.17) is 10.3 Å². The van der Waals surface area contributed by atoms with Gasteiger partial charge < -0.3 is 10.1 Å². The molecule has 1 saturated heterocycles. The average Bonchev–Trinajstić information content (AvgIpc) is 2.60. The lowest BCUT2D eigenvalue weighted by molar-refractivity contribution is -0.144. The number of rotatable bonds is 5. The van der Waals surface area contributed by atoms with Crippen molar-refractivity contribution >= 4 is 11.9 Å². The van der Waals surface area contributed by atoms with Gasteiger partial charge in [-0.3, -0.25) is 14.5 Å². The Bertz CT molecular complexity index is 367. The van der Waals surface area contributed by atoms with Crippen LogP contribution in [-0.2, 0) is 14.3 Å². The van der Waals surface area contributed by atoms with Crippen molar-refractivity contribution < 1.29 is 14.3 Å². The first-order chi connectivity index (χ1) is 8.56. The maximum absolute atomic E-state index is 11.3. The third kappa shape index (κ3) is 4.23. The van der Waals surface area contributed by atoms with Crippen molar-refractivity contribution in [1.82, 2.24) is 10.2 Å². The molecule has 1 fully saturated rings. The number of hydrogen-bond acceptors (Lipinski definition) is 5. The molecule has 0 spiro atoms. The molecule has 0 unspecified atom stereocenters. The van der Waals surface area contributed by atoms with Crippen LogP contribution in [0.3, 0.4) is 0 Å². The zero-order valence-electron chi connectivity index (χ0n) is 10.5. The van der Waals surface area contributed by atoms with Gasteiger partial charge in [-0.15, -0.1) is 0 Å². The normalized spacial score (nSPS) is 23.2. The Kier molecular flexibility index (Phi) is 5.41. The van der Waals surface area contributed by atoms with Gasteiger partial charge in [0.1, 0.15) is 0 Å². The molecule has 1 aliphatic rings. The molecule has 1 heterocycles. The number of esters is 1. The molecule has 0 aromatic heterocycles. The van der Waals surface area contributed by atoms with Crippen LogP contribution in [0.15, 0.2) is 5.11 Å². The summed E-state index contributed by atoms with van der Waals surface area (Å²) in [6.07, 6.45) is 0. The molecule has 100 valence electrons. The number of carbonyl (C=O) groups is 2. The summed E-state index contributed by atoms with van der Waals surface area (Å²) in [5, 5.41) is 6.35. The third-order valence-electron chi connectivity index (χ3n) is 2.61. The summed E-state index contributed by atoms with van der Waals surface area (Å²) in [6, 6.07) is -0.610. The molecule has 0 bridgehead atoms. The SMILES string of the molecule is CCOC(=O)CN1C[C@H](NC(C)=O)[C@H](N=[N+]=[N-])C1. The van der Waals surface area contributed by atoms with Crippen molar-refractivity contribution in [2.24, 2.45) is 5.11 Å². The molecule has 2 atom stereocenters. The largest absolute Gasteiger partial charge is 0.465 e. The van der Waals surface area contributed by atoms with Crippen LogP contribution in [0.25, 0.3) is 10.4 Å². The lowest BCUT2D eigenvalue weighted by Gasteiger charge is -2.15. The van der Waals surface area contributed by atoms with Gasteiger partial charge >= 0.3 is 5.97 Å². The predicted molar refractivity (Wildman–Crippen MR) is 63.6 cm³/mol. The lowest BCUT2D eigenvalue weighted by atomic mass is 10.2. The molecule has 8 heteroatoms. The topological polar surface area (TPSA) is 107 Å². The number of amides is 1. The van der Waals surface area contributed by atoms with Gasteiger partial charge in [-0.1, -0.05) is 5.11 Å². The first kappa shape index (κ1) is 14.3. The van der Waals surface area contributed by atoms with Crippen LogP contribution >= 0.6 is 0 Å². The highest BCUT2D eigenvalue weighted by Crippen LogP contribution is 2.13. The van der Waals surface area contributed by atoms with Crippen molar-refractivity contribution in [2.45, 2.75) is 25.9 Å². The Morgan fingerprint density at radius 3 is 2.83 bits per heavy atom. The first-order valence-electron chi connectivity index (χ1n) is 5.76. The number of nitrogens with one attached hydrogen (secondary N) is 1. The van der Waals surface area contributed by atoms with E-state index >= 15 is 0 Å². The van der Waals surface area contributed by atoms with Crippen molar-refractivity contribution in [3.8, 4) is 0 Å². The Balaban J connectivity index is 2.57. The number of likely N-dealkylation sites (tertiary alicyclic amines) is 1. The van der Waals surface area contributed by atoms with Crippen molar-refractivity contribution in [2.75, 3.05) is 26.2 Å². The summed E-state index contributed by atoms with van der Waals surface area (Å²) in [5.41, 5.74) is 8.47. The number of azide groups is 1. The van der Waals surface area contributed by atoms with E-state index < -0.39 is 0 Å². The zero-order chi connectivity index (χ0) is 13.5. The second-order valence-corrected chi connectivity index (χ2v) is 4.08. The molecule has 1 aliphatic heterocycles. The molecule has 0 saturated carbocycles. The van der Waals surface area contributed by atoms with Crippen LogP contribution in [0.4, 0.5) is 0 Å². The molecule has 0 radical (unpaired) electrons. The van der Waals surface area contributed by atoms with E-state index in [0.717, 1.165) is 0 Å². The highest BCUT2D eigenvalue weighted by molar-refractivity contribution is 5.73. The quantitative estimate of drug-likeness (QED) is 0.324. The summed E-state index contributed by atoms with van der Waals surface area (Å²) >= 11 is 0. The smallest absolute Gasteiger partial charge is 0.320 e. The summed E-state index contributed by atoms with van der Waals surface area (Å²) in [4.78, 5) is 26.9. The van der Waals surface area contributed by atoms with Gasteiger partial charge in [0.2, 0.25) is 5.91 Å². The second-order valence-electron chi connectivity index (χ2n) is 4.08. The van der Waals surface area contributed by atoms with Crippen LogP contribution in [0.5, 0.6) is 0 Å². The van der Waals surface area contributed by atoms with Gasteiger partial charge in [-0.05, 0) is 12.5 Å². The maximum atomic E-state index is 11.3. The van der Waals surface area contributed by atoms with Crippen molar-refractivity contribution in [1.29, 1.82) is 0 Å². The highest BCUT2D eigenvalue weighted by atomic mass is 16.5. The molecule has 1 amide bonds. The molecule has 0 aromatic rings. The van der Waals surface area contributed by atoms with Crippen molar-refractivity contribution in [3.05, 3.63) is 10.4 Å². The first-order valence-corrected chi connectivity index (χ1v) is 5.76. The lowest BCUT2D eigenvalue weighted by Crippen LogP contribution is -2.41. The van der Waals surface area contributed by atoms with E-state index in [-0.39, 0.29) is 30.5 Å². The molecule has 8 nitrogen and oxygen atoms in total. The summed E-state index contributed by atoms with van der Waals surface area (Å²) in [6.45, 7) is 4.53. The third-order valence-corrected chi connectivity index (χ3v) is 2.61. The maximum Gasteiger partial charge on any atom is 0.320 e. The Morgan fingerprint density at radius 2 is 2.28 bits per heavy atom. The Labute approximate surface area is 105 Å². The molecular formula is C10H17N5O3. The van der Waals surface area contributed by atoms with Gasteiger partial charge in [-0.2, -0.15) is 0 Å². The van der Waals surface area contributed by atoms with Crippen LogP contribution < -0.4 is 5.32 Å². The molecule has 1 N–H and O–H groups in total. The standard InChI is InChI=1S/C10H17N5O3/c1-3-18-10(17)6-15-4-8(12-7(2)16)9(5-15)13-14-11/h8-9H,3-6H2,1-2H3,(H,12,16)/t8-,9+/m0/s1. The molecule has 0 aliphatic carbocycles. The summed E-state index contributed by atoms with van der Waals surface area (Å²) < 4.78 is 4.84. The summed E-state index contributed by atoms with van der Waals surface area (Å²) in [5.74, 6) is -0.503. The number of nitrogens with zero attached hydrogens (tertiary/aromatic N) is 4. The fourth-order valence-corrected chi connectivity index (χ4v) is 1.97. The van der Waals surface area contributed by atoms with Gasteiger partial charge in [-0.25, -0.2) is 0 Å². The molecule has 18 heavy (non-hydrogen) atoms. The zero-order valence-corrected chi connectivity index (χ0v) is 10.5. The predicted octanol–water partition coefficient (Wildman–Crippen LogP) is 0.0487. The van der Waals surface area contributed by atoms with E-state index in [1.165, 1.54) is 6.92 Å². The van der Waals surface area contributed by atoms with Crippen LogP contribution in [-0.4, -0.2) is 55.1 Å². The highest BCUT2D eigenvalue weighted by Gasteiger charge is 2.33. The Morgan fingerprint density at radius 1 is 1.56 bits per heavy atom. The van der Waals surface area contributed by atoms with Crippen LogP contribution in [0.2, 0.25) is 0 Å². The number of carbonyl (C=O) groups excluding carboxylic acids is 2. The van der Waals surface area contributed by atoms with Crippen LogP contribution in [0, 0.1) is 0 Å². The molecule has 1 rings (SSSR count). The fourth-order valence-electron chi connectivity index (χ4n) is 1.97. The minimum absolute atomic E-state index is 0.140. The van der Waals surface area contributed by atoms with E-state index in [0.29, 0.717) is 19.7 Å². The summed E-state index contributed by atoms with van der Waals surface area (Å²) in [7, 11) is 0. The van der Waals surface area contributed by atoms with Crippen molar-refractivity contribution in [3.63, 3.8) is 0 Å². The minimum Gasteiger partial charge on any atom is -0.465 e. The molecule has 0 aromatic carbocycles. The Hall–Kier alpha value is -1.79. The van der Waals surface area contributed by atoms with Gasteiger partial charge in [0.15, 0.2) is 0 Å². The van der Waals surface area contributed by atoms with Gasteiger partial charge in [0.25, 0.3) is 0 Å². The van der Waals surface area contributed by atoms with E-state index in [1.807, 2.05) is 0 Å². The van der Waals surface area contributed by atoms with E-state index in [2.05, 4.69) is 15.3 Å².